The van der Waals surface area contributed by atoms with Crippen LogP contribution in [0.5, 0.6) is 0 Å². The van der Waals surface area contributed by atoms with Gasteiger partial charge in [0.1, 0.15) is 12.2 Å². The number of nitrogens with one attached hydrogen (secondary N) is 1. The van der Waals surface area contributed by atoms with E-state index in [-0.39, 0.29) is 35.5 Å². The molecule has 1 fully saturated rings. The number of aliphatic imine (C=N–C) groups is 1. The maximum Gasteiger partial charge on any atom is 0.193 e. The molecule has 1 aromatic rings. The second-order valence-electron chi connectivity index (χ2n) is 7.64. The molecule has 7 nitrogen and oxygen atoms in total. The predicted molar refractivity (Wildman–Crippen MR) is 111 cm³/mol. The highest BCUT2D eigenvalue weighted by atomic mass is 127. The Kier molecular flexibility index (Phi) is 8.59. The molecule has 0 bridgehead atoms. The standard InChI is InChI=1S/C17H32N6O.HI/c1-17(2,3)15-13(8-7-9-24-15)10-19-16(18-4)22(5)11-14-20-12-21-23(14)6;/h12-13,15H,7-11H2,1-6H3,(H,18,19);1H. The zero-order chi connectivity index (χ0) is 17.7. The molecular formula is C17H33IN6O. The largest absolute Gasteiger partial charge is 0.377 e. The molecule has 1 aromatic heterocycles. The van der Waals surface area contributed by atoms with Crippen LogP contribution in [0, 0.1) is 11.3 Å². The van der Waals surface area contributed by atoms with E-state index >= 15 is 0 Å². The van der Waals surface area contributed by atoms with E-state index in [9.17, 15) is 0 Å². The van der Waals surface area contributed by atoms with Crippen LogP contribution in [0.1, 0.15) is 39.4 Å². The second kappa shape index (κ2) is 9.70. The Balaban J connectivity index is 0.00000312. The predicted octanol–water partition coefficient (Wildman–Crippen LogP) is 2.28. The number of nitrogens with zero attached hydrogens (tertiary/aromatic N) is 5. The van der Waals surface area contributed by atoms with Crippen molar-refractivity contribution < 1.29 is 4.74 Å². The zero-order valence-corrected chi connectivity index (χ0v) is 18.7. The van der Waals surface area contributed by atoms with Gasteiger partial charge in [-0.1, -0.05) is 20.8 Å². The fraction of sp³-hybridized carbons (Fsp3) is 0.824. The summed E-state index contributed by atoms with van der Waals surface area (Å²) in [6.45, 7) is 9.18. The van der Waals surface area contributed by atoms with Gasteiger partial charge < -0.3 is 15.0 Å². The maximum absolute atomic E-state index is 6.07. The van der Waals surface area contributed by atoms with Crippen molar-refractivity contribution in [1.82, 2.24) is 25.0 Å². The summed E-state index contributed by atoms with van der Waals surface area (Å²) >= 11 is 0. The molecule has 25 heavy (non-hydrogen) atoms. The highest BCUT2D eigenvalue weighted by Crippen LogP contribution is 2.33. The Hall–Kier alpha value is -0.900. The molecule has 0 aliphatic carbocycles. The lowest BCUT2D eigenvalue weighted by atomic mass is 9.78. The van der Waals surface area contributed by atoms with Gasteiger partial charge in [-0.3, -0.25) is 9.67 Å². The Morgan fingerprint density at radius 1 is 1.48 bits per heavy atom. The lowest BCUT2D eigenvalue weighted by Crippen LogP contribution is -2.47. The van der Waals surface area contributed by atoms with Gasteiger partial charge in [-0.05, 0) is 18.3 Å². The van der Waals surface area contributed by atoms with Crippen molar-refractivity contribution in [3.8, 4) is 0 Å². The van der Waals surface area contributed by atoms with Gasteiger partial charge in [0.15, 0.2) is 5.96 Å². The second-order valence-corrected chi connectivity index (χ2v) is 7.64. The molecule has 2 rings (SSSR count). The first-order chi connectivity index (χ1) is 11.3. The highest BCUT2D eigenvalue weighted by molar-refractivity contribution is 14.0. The van der Waals surface area contributed by atoms with Crippen LogP contribution in [0.25, 0.3) is 0 Å². The number of aryl methyl sites for hydroxylation is 1. The molecule has 144 valence electrons. The minimum absolute atomic E-state index is 0. The van der Waals surface area contributed by atoms with Crippen molar-refractivity contribution >= 4 is 29.9 Å². The number of hydrogen-bond donors (Lipinski definition) is 1. The number of ether oxygens (including phenoxy) is 1. The summed E-state index contributed by atoms with van der Waals surface area (Å²) in [5.41, 5.74) is 0.154. The van der Waals surface area contributed by atoms with E-state index in [1.807, 2.05) is 21.1 Å². The number of hydrogen-bond acceptors (Lipinski definition) is 4. The van der Waals surface area contributed by atoms with E-state index in [1.54, 1.807) is 11.0 Å². The van der Waals surface area contributed by atoms with Crippen LogP contribution in [0.4, 0.5) is 0 Å². The van der Waals surface area contributed by atoms with Gasteiger partial charge >= 0.3 is 0 Å². The first-order valence-electron chi connectivity index (χ1n) is 8.69. The van der Waals surface area contributed by atoms with E-state index in [0.29, 0.717) is 12.5 Å². The maximum atomic E-state index is 6.07. The topological polar surface area (TPSA) is 67.6 Å². The van der Waals surface area contributed by atoms with Gasteiger partial charge in [0.2, 0.25) is 0 Å². The van der Waals surface area contributed by atoms with Gasteiger partial charge in [0.25, 0.3) is 0 Å². The van der Waals surface area contributed by atoms with E-state index in [0.717, 1.165) is 31.4 Å². The summed E-state index contributed by atoms with van der Waals surface area (Å²) in [6.07, 6.45) is 4.18. The van der Waals surface area contributed by atoms with Crippen molar-refractivity contribution in [2.45, 2.75) is 46.3 Å². The van der Waals surface area contributed by atoms with Crippen LogP contribution < -0.4 is 5.32 Å². The summed E-state index contributed by atoms with van der Waals surface area (Å²) in [5.74, 6) is 2.28. The van der Waals surface area contributed by atoms with Crippen LogP contribution in [0.3, 0.4) is 0 Å². The molecule has 2 unspecified atom stereocenters. The molecule has 1 saturated heterocycles. The Morgan fingerprint density at radius 2 is 2.20 bits per heavy atom. The highest BCUT2D eigenvalue weighted by Gasteiger charge is 2.35. The van der Waals surface area contributed by atoms with Crippen LogP contribution in [0.15, 0.2) is 11.3 Å². The summed E-state index contributed by atoms with van der Waals surface area (Å²) < 4.78 is 7.85. The van der Waals surface area contributed by atoms with Gasteiger partial charge in [-0.2, -0.15) is 5.10 Å². The number of rotatable bonds is 4. The molecule has 0 saturated carbocycles. The Labute approximate surface area is 168 Å². The molecule has 2 atom stereocenters. The summed E-state index contributed by atoms with van der Waals surface area (Å²) in [7, 11) is 5.73. The van der Waals surface area contributed by atoms with Gasteiger partial charge in [-0.15, -0.1) is 24.0 Å². The normalized spacial score (nSPS) is 21.6. The van der Waals surface area contributed by atoms with Crippen molar-refractivity contribution in [2.75, 3.05) is 27.2 Å². The van der Waals surface area contributed by atoms with Crippen molar-refractivity contribution in [3.05, 3.63) is 12.2 Å². The quantitative estimate of drug-likeness (QED) is 0.421. The smallest absolute Gasteiger partial charge is 0.193 e. The molecule has 1 aliphatic rings. The number of halogens is 1. The molecule has 0 radical (unpaired) electrons. The zero-order valence-electron chi connectivity index (χ0n) is 16.3. The average Bonchev–Trinajstić information content (AvgIpc) is 2.92. The average molecular weight is 464 g/mol. The van der Waals surface area contributed by atoms with Crippen molar-refractivity contribution in [3.63, 3.8) is 0 Å². The van der Waals surface area contributed by atoms with E-state index in [2.05, 4.69) is 46.1 Å². The first kappa shape index (κ1) is 22.1. The van der Waals surface area contributed by atoms with E-state index < -0.39 is 0 Å². The van der Waals surface area contributed by atoms with Gasteiger partial charge in [0.05, 0.1) is 12.6 Å². The number of aromatic nitrogens is 3. The first-order valence-corrected chi connectivity index (χ1v) is 8.69. The molecular weight excluding hydrogens is 431 g/mol. The molecule has 0 spiro atoms. The van der Waals surface area contributed by atoms with Gasteiger partial charge in [0, 0.05) is 40.2 Å². The summed E-state index contributed by atoms with van der Waals surface area (Å²) in [5, 5.41) is 7.62. The molecule has 0 amide bonds. The van der Waals surface area contributed by atoms with Crippen LogP contribution >= 0.6 is 24.0 Å². The Bertz CT molecular complexity index is 554. The molecule has 1 N–H and O–H groups in total. The fourth-order valence-electron chi connectivity index (χ4n) is 3.37. The number of guanidine groups is 1. The third kappa shape index (κ3) is 6.09. The molecule has 8 heteroatoms. The lowest BCUT2D eigenvalue weighted by molar-refractivity contribution is -0.0836. The molecule has 0 aromatic carbocycles. The van der Waals surface area contributed by atoms with Crippen molar-refractivity contribution in [1.29, 1.82) is 0 Å². The Morgan fingerprint density at radius 3 is 2.76 bits per heavy atom. The third-order valence-corrected chi connectivity index (χ3v) is 4.58. The van der Waals surface area contributed by atoms with Crippen molar-refractivity contribution in [2.24, 2.45) is 23.4 Å². The van der Waals surface area contributed by atoms with Gasteiger partial charge in [-0.25, -0.2) is 4.98 Å². The van der Waals surface area contributed by atoms with E-state index in [4.69, 9.17) is 4.74 Å². The molecule has 1 aliphatic heterocycles. The van der Waals surface area contributed by atoms with E-state index in [1.165, 1.54) is 6.42 Å². The van der Waals surface area contributed by atoms with Crippen LogP contribution in [0.2, 0.25) is 0 Å². The van der Waals surface area contributed by atoms with Crippen LogP contribution in [-0.2, 0) is 18.3 Å². The summed E-state index contributed by atoms with van der Waals surface area (Å²) in [6, 6.07) is 0. The summed E-state index contributed by atoms with van der Waals surface area (Å²) in [4.78, 5) is 10.7. The monoisotopic (exact) mass is 464 g/mol. The fourth-order valence-corrected chi connectivity index (χ4v) is 3.37. The third-order valence-electron chi connectivity index (χ3n) is 4.58. The molecule has 2 heterocycles. The minimum Gasteiger partial charge on any atom is -0.377 e. The minimum atomic E-state index is 0. The lowest BCUT2D eigenvalue weighted by Gasteiger charge is -2.40. The van der Waals surface area contributed by atoms with Crippen LogP contribution in [-0.4, -0.2) is 59.0 Å². The SMILES string of the molecule is CN=C(NCC1CCCOC1C(C)(C)C)N(C)Cc1ncnn1C.I.